The van der Waals surface area contributed by atoms with Crippen molar-refractivity contribution in [2.75, 3.05) is 7.11 Å². The number of benzene rings is 1. The molecule has 0 spiro atoms. The molecular weight excluding hydrogens is 374 g/mol. The Labute approximate surface area is 183 Å². The van der Waals surface area contributed by atoms with Gasteiger partial charge >= 0.3 is 0 Å². The predicted molar refractivity (Wildman–Crippen MR) is 129 cm³/mol. The maximum atomic E-state index is 10.1. The van der Waals surface area contributed by atoms with Gasteiger partial charge in [0.25, 0.3) is 0 Å². The SMILES string of the molecule is CC.CCCC.CCc1ccc(O)cc1C1(C2CCC(OC)CC2)N=C(C)C(N)=N1. The minimum Gasteiger partial charge on any atom is -0.508 e. The molecule has 0 bridgehead atoms. The van der Waals surface area contributed by atoms with Crippen LogP contribution in [0.5, 0.6) is 5.75 Å². The zero-order valence-electron chi connectivity index (χ0n) is 20.2. The molecule has 0 radical (unpaired) electrons. The number of aryl methyl sites for hydroxylation is 1. The number of aromatic hydroxyl groups is 1. The molecule has 3 rings (SSSR count). The number of ether oxygens (including phenoxy) is 1. The lowest BCUT2D eigenvalue weighted by atomic mass is 9.74. The molecule has 1 fully saturated rings. The van der Waals surface area contributed by atoms with E-state index in [-0.39, 0.29) is 11.7 Å². The van der Waals surface area contributed by atoms with Crippen LogP contribution < -0.4 is 5.73 Å². The molecule has 1 heterocycles. The van der Waals surface area contributed by atoms with E-state index in [1.54, 1.807) is 13.2 Å². The van der Waals surface area contributed by atoms with Gasteiger partial charge in [-0.15, -0.1) is 0 Å². The summed E-state index contributed by atoms with van der Waals surface area (Å²) in [5.74, 6) is 1.03. The second kappa shape index (κ2) is 12.7. The molecule has 5 heteroatoms. The van der Waals surface area contributed by atoms with Crippen molar-refractivity contribution in [2.24, 2.45) is 21.6 Å². The highest BCUT2D eigenvalue weighted by atomic mass is 16.5. The summed E-state index contributed by atoms with van der Waals surface area (Å²) in [5, 5.41) is 10.1. The average molecular weight is 418 g/mol. The van der Waals surface area contributed by atoms with E-state index in [9.17, 15) is 5.11 Å². The molecule has 1 aromatic carbocycles. The van der Waals surface area contributed by atoms with Gasteiger partial charge in [0.1, 0.15) is 11.6 Å². The Bertz CT molecular complexity index is 684. The number of nitrogens with two attached hydrogens (primary N) is 1. The van der Waals surface area contributed by atoms with Crippen molar-refractivity contribution >= 4 is 11.5 Å². The van der Waals surface area contributed by atoms with Gasteiger partial charge in [0.05, 0.1) is 11.8 Å². The molecule has 5 nitrogen and oxygen atoms in total. The molecule has 1 aromatic rings. The minimum atomic E-state index is -0.697. The number of amidine groups is 1. The predicted octanol–water partition coefficient (Wildman–Crippen LogP) is 5.98. The molecule has 0 amide bonds. The molecule has 30 heavy (non-hydrogen) atoms. The molecule has 0 aromatic heterocycles. The molecule has 1 aliphatic carbocycles. The monoisotopic (exact) mass is 417 g/mol. The van der Waals surface area contributed by atoms with Gasteiger partial charge in [0.15, 0.2) is 5.66 Å². The number of phenols is 1. The molecular formula is C25H43N3O2. The highest BCUT2D eigenvalue weighted by Crippen LogP contribution is 2.47. The van der Waals surface area contributed by atoms with Crippen molar-refractivity contribution in [2.45, 2.75) is 98.3 Å². The lowest BCUT2D eigenvalue weighted by Crippen LogP contribution is -2.36. The van der Waals surface area contributed by atoms with E-state index in [2.05, 4.69) is 20.8 Å². The molecule has 1 atom stereocenters. The standard InChI is InChI=1S/C19H27N3O2.C4H10.C2H6/c1-4-13-5-8-15(23)11-17(13)19(21-12(2)18(20)22-19)14-6-9-16(24-3)10-7-14;1-3-4-2;1-2/h5,8,11,14,16,23H,4,6-7,9-10H2,1-3H3,(H2,20,22);3-4H2,1-2H3;1-2H3. The second-order valence-electron chi connectivity index (χ2n) is 7.82. The second-order valence-corrected chi connectivity index (χ2v) is 7.82. The summed E-state index contributed by atoms with van der Waals surface area (Å²) in [4.78, 5) is 9.77. The van der Waals surface area contributed by atoms with Crippen molar-refractivity contribution < 1.29 is 9.84 Å². The zero-order valence-corrected chi connectivity index (χ0v) is 20.2. The van der Waals surface area contributed by atoms with Crippen LogP contribution in [0, 0.1) is 5.92 Å². The van der Waals surface area contributed by atoms with Crippen molar-refractivity contribution in [3.63, 3.8) is 0 Å². The summed E-state index contributed by atoms with van der Waals surface area (Å²) in [6, 6.07) is 5.53. The van der Waals surface area contributed by atoms with Crippen LogP contribution in [0.3, 0.4) is 0 Å². The first-order chi connectivity index (χ1) is 14.4. The minimum absolute atomic E-state index is 0.251. The molecule has 1 aliphatic heterocycles. The van der Waals surface area contributed by atoms with E-state index >= 15 is 0 Å². The zero-order chi connectivity index (χ0) is 22.7. The van der Waals surface area contributed by atoms with Crippen molar-refractivity contribution in [1.82, 2.24) is 0 Å². The van der Waals surface area contributed by atoms with Gasteiger partial charge in [-0.2, -0.15) is 0 Å². The fourth-order valence-corrected chi connectivity index (χ4v) is 4.04. The van der Waals surface area contributed by atoms with E-state index in [1.807, 2.05) is 32.9 Å². The van der Waals surface area contributed by atoms with Crippen LogP contribution in [0.4, 0.5) is 0 Å². The third kappa shape index (κ3) is 6.07. The topological polar surface area (TPSA) is 80.2 Å². The molecule has 1 saturated carbocycles. The summed E-state index contributed by atoms with van der Waals surface area (Å²) in [5.41, 5.74) is 8.36. The van der Waals surface area contributed by atoms with Crippen LogP contribution in [0.1, 0.15) is 91.2 Å². The Kier molecular flexibility index (Phi) is 11.1. The van der Waals surface area contributed by atoms with E-state index in [4.69, 9.17) is 20.5 Å². The van der Waals surface area contributed by atoms with Gasteiger partial charge in [-0.1, -0.05) is 53.5 Å². The number of rotatable bonds is 5. The number of hydrogen-bond acceptors (Lipinski definition) is 5. The maximum absolute atomic E-state index is 10.1. The van der Waals surface area contributed by atoms with Gasteiger partial charge < -0.3 is 15.6 Å². The summed E-state index contributed by atoms with van der Waals surface area (Å²) in [6.07, 6.45) is 7.83. The fourth-order valence-electron chi connectivity index (χ4n) is 4.04. The summed E-state index contributed by atoms with van der Waals surface area (Å²) in [6.45, 7) is 12.4. The molecule has 1 unspecified atom stereocenters. The average Bonchev–Trinajstić information content (AvgIpc) is 3.10. The Hall–Kier alpha value is -1.88. The molecule has 170 valence electrons. The van der Waals surface area contributed by atoms with Crippen LogP contribution >= 0.6 is 0 Å². The van der Waals surface area contributed by atoms with Crippen molar-refractivity contribution in [3.8, 4) is 5.75 Å². The molecule has 0 saturated heterocycles. The normalized spacial score (nSPS) is 25.3. The highest BCUT2D eigenvalue weighted by Gasteiger charge is 2.46. The Morgan fingerprint density at radius 1 is 1.07 bits per heavy atom. The van der Waals surface area contributed by atoms with Gasteiger partial charge in [-0.25, -0.2) is 4.99 Å². The highest BCUT2D eigenvalue weighted by molar-refractivity contribution is 6.41. The number of methoxy groups -OCH3 is 1. The van der Waals surface area contributed by atoms with E-state index in [0.29, 0.717) is 11.9 Å². The summed E-state index contributed by atoms with van der Waals surface area (Å²) in [7, 11) is 1.78. The Morgan fingerprint density at radius 3 is 2.10 bits per heavy atom. The van der Waals surface area contributed by atoms with Crippen LogP contribution in [0.2, 0.25) is 0 Å². The van der Waals surface area contributed by atoms with Gasteiger partial charge in [0.2, 0.25) is 0 Å². The number of nitrogens with zero attached hydrogens (tertiary/aromatic N) is 2. The van der Waals surface area contributed by atoms with E-state index in [0.717, 1.165) is 48.9 Å². The smallest absolute Gasteiger partial charge is 0.181 e. The summed E-state index contributed by atoms with van der Waals surface area (Å²) < 4.78 is 5.51. The van der Waals surface area contributed by atoms with Gasteiger partial charge in [-0.3, -0.25) is 4.99 Å². The Morgan fingerprint density at radius 2 is 1.67 bits per heavy atom. The lowest BCUT2D eigenvalue weighted by Gasteiger charge is -2.38. The summed E-state index contributed by atoms with van der Waals surface area (Å²) >= 11 is 0. The third-order valence-corrected chi connectivity index (χ3v) is 5.95. The van der Waals surface area contributed by atoms with Crippen LogP contribution in [-0.2, 0) is 16.8 Å². The largest absolute Gasteiger partial charge is 0.508 e. The fraction of sp³-hybridized carbons (Fsp3) is 0.680. The first-order valence-corrected chi connectivity index (χ1v) is 11.7. The number of phenolic OH excluding ortho intramolecular Hbond substituents is 1. The van der Waals surface area contributed by atoms with Crippen LogP contribution in [0.15, 0.2) is 28.2 Å². The lowest BCUT2D eigenvalue weighted by molar-refractivity contribution is 0.0425. The number of aliphatic imine (C=N–C) groups is 2. The van der Waals surface area contributed by atoms with Gasteiger partial charge in [-0.05, 0) is 56.7 Å². The number of unbranched alkanes of at least 4 members (excludes halogenated alkanes) is 1. The van der Waals surface area contributed by atoms with Crippen LogP contribution in [-0.4, -0.2) is 29.9 Å². The quantitative estimate of drug-likeness (QED) is 0.618. The number of hydrogen-bond donors (Lipinski definition) is 2. The maximum Gasteiger partial charge on any atom is 0.181 e. The molecule has 2 aliphatic rings. The third-order valence-electron chi connectivity index (χ3n) is 5.95. The first kappa shape index (κ1) is 26.2. The van der Waals surface area contributed by atoms with Crippen LogP contribution in [0.25, 0.3) is 0 Å². The molecule has 3 N–H and O–H groups in total. The van der Waals surface area contributed by atoms with Crippen molar-refractivity contribution in [1.29, 1.82) is 0 Å². The van der Waals surface area contributed by atoms with E-state index in [1.165, 1.54) is 12.8 Å². The first-order valence-electron chi connectivity index (χ1n) is 11.7. The van der Waals surface area contributed by atoms with Crippen molar-refractivity contribution in [3.05, 3.63) is 29.3 Å². The van der Waals surface area contributed by atoms with Gasteiger partial charge in [0, 0.05) is 18.6 Å². The Balaban J connectivity index is 0.000000673. The van der Waals surface area contributed by atoms with E-state index < -0.39 is 5.66 Å².